The van der Waals surface area contributed by atoms with E-state index in [4.69, 9.17) is 16.3 Å². The molecule has 0 bridgehead atoms. The summed E-state index contributed by atoms with van der Waals surface area (Å²) >= 11 is 5.86. The van der Waals surface area contributed by atoms with Gasteiger partial charge in [0.1, 0.15) is 12.4 Å². The molecule has 0 fully saturated rings. The summed E-state index contributed by atoms with van der Waals surface area (Å²) in [6, 6.07) is 12.9. The van der Waals surface area contributed by atoms with Gasteiger partial charge in [0.25, 0.3) is 0 Å². The highest BCUT2D eigenvalue weighted by Crippen LogP contribution is 2.16. The largest absolute Gasteiger partial charge is 0.456 e. The van der Waals surface area contributed by atoms with Gasteiger partial charge in [-0.25, -0.2) is 13.9 Å². The Labute approximate surface area is 142 Å². The van der Waals surface area contributed by atoms with Crippen molar-refractivity contribution in [2.24, 2.45) is 0 Å². The molecule has 2 aromatic carbocycles. The van der Waals surface area contributed by atoms with Gasteiger partial charge in [0.15, 0.2) is 5.69 Å². The Balaban J connectivity index is 1.75. The second-order valence-electron chi connectivity index (χ2n) is 5.12. The zero-order valence-electron chi connectivity index (χ0n) is 12.7. The fraction of sp³-hybridized carbons (Fsp3) is 0.118. The van der Waals surface area contributed by atoms with Crippen LogP contribution in [0.15, 0.2) is 48.5 Å². The minimum Gasteiger partial charge on any atom is -0.456 e. The van der Waals surface area contributed by atoms with E-state index in [0.717, 1.165) is 5.69 Å². The van der Waals surface area contributed by atoms with Crippen LogP contribution < -0.4 is 0 Å². The molecule has 3 rings (SSSR count). The van der Waals surface area contributed by atoms with E-state index in [-0.39, 0.29) is 18.1 Å². The number of rotatable bonds is 4. The van der Waals surface area contributed by atoms with Gasteiger partial charge in [-0.15, -0.1) is 5.10 Å². The lowest BCUT2D eigenvalue weighted by atomic mass is 10.2. The monoisotopic (exact) mass is 345 g/mol. The van der Waals surface area contributed by atoms with Gasteiger partial charge in [-0.2, -0.15) is 0 Å². The number of hydrogen-bond acceptors (Lipinski definition) is 4. The van der Waals surface area contributed by atoms with Crippen LogP contribution in [0.3, 0.4) is 0 Å². The number of nitrogens with zero attached hydrogens (tertiary/aromatic N) is 3. The van der Waals surface area contributed by atoms with Crippen LogP contribution in [0.25, 0.3) is 5.69 Å². The Morgan fingerprint density at radius 3 is 2.71 bits per heavy atom. The van der Waals surface area contributed by atoms with Crippen LogP contribution in [0.2, 0.25) is 5.02 Å². The van der Waals surface area contributed by atoms with Gasteiger partial charge < -0.3 is 4.74 Å². The maximum Gasteiger partial charge on any atom is 0.361 e. The molecule has 5 nitrogen and oxygen atoms in total. The van der Waals surface area contributed by atoms with Crippen LogP contribution in [0, 0.1) is 12.7 Å². The molecule has 1 heterocycles. The van der Waals surface area contributed by atoms with E-state index in [9.17, 15) is 9.18 Å². The van der Waals surface area contributed by atoms with Crippen LogP contribution >= 0.6 is 11.6 Å². The Bertz CT molecular complexity index is 878. The third-order valence-corrected chi connectivity index (χ3v) is 3.67. The van der Waals surface area contributed by atoms with E-state index in [1.165, 1.54) is 16.8 Å². The molecular formula is C17H13ClFN3O2. The normalized spacial score (nSPS) is 10.6. The van der Waals surface area contributed by atoms with Crippen molar-refractivity contribution in [1.29, 1.82) is 0 Å². The zero-order valence-corrected chi connectivity index (χ0v) is 13.5. The molecule has 0 aliphatic rings. The lowest BCUT2D eigenvalue weighted by Crippen LogP contribution is -2.08. The summed E-state index contributed by atoms with van der Waals surface area (Å²) in [6.07, 6.45) is 0. The number of carbonyl (C=O) groups excluding carboxylic acids is 1. The summed E-state index contributed by atoms with van der Waals surface area (Å²) in [5, 5.41) is 8.45. The van der Waals surface area contributed by atoms with Crippen molar-refractivity contribution in [1.82, 2.24) is 15.0 Å². The number of aromatic nitrogens is 3. The molecule has 1 aromatic heterocycles. The Morgan fingerprint density at radius 2 is 2.00 bits per heavy atom. The molecule has 24 heavy (non-hydrogen) atoms. The van der Waals surface area contributed by atoms with Crippen molar-refractivity contribution >= 4 is 17.6 Å². The molecule has 0 aliphatic heterocycles. The van der Waals surface area contributed by atoms with Gasteiger partial charge in [0, 0.05) is 5.02 Å². The van der Waals surface area contributed by atoms with Crippen LogP contribution in [-0.2, 0) is 11.3 Å². The van der Waals surface area contributed by atoms with Crippen molar-refractivity contribution in [3.8, 4) is 5.69 Å². The van der Waals surface area contributed by atoms with E-state index < -0.39 is 5.97 Å². The average molecular weight is 346 g/mol. The Hall–Kier alpha value is -2.73. The summed E-state index contributed by atoms with van der Waals surface area (Å²) in [6.45, 7) is 1.68. The molecule has 0 amide bonds. The number of carbonyl (C=O) groups is 1. The van der Waals surface area contributed by atoms with Crippen LogP contribution in [-0.4, -0.2) is 21.0 Å². The third kappa shape index (κ3) is 3.44. The summed E-state index contributed by atoms with van der Waals surface area (Å²) in [5.41, 5.74) is 1.95. The molecule has 0 saturated carbocycles. The van der Waals surface area contributed by atoms with E-state index in [0.29, 0.717) is 16.3 Å². The first-order valence-corrected chi connectivity index (χ1v) is 7.52. The average Bonchev–Trinajstić information content (AvgIpc) is 2.95. The second kappa shape index (κ2) is 6.80. The van der Waals surface area contributed by atoms with Gasteiger partial charge >= 0.3 is 5.97 Å². The van der Waals surface area contributed by atoms with Crippen LogP contribution in [0.1, 0.15) is 21.7 Å². The van der Waals surface area contributed by atoms with Gasteiger partial charge in [-0.1, -0.05) is 28.9 Å². The quantitative estimate of drug-likeness (QED) is 0.676. The number of ether oxygens (including phenoxy) is 1. The molecule has 3 aromatic rings. The highest BCUT2D eigenvalue weighted by atomic mass is 35.5. The standard InChI is InChI=1S/C17H13ClFN3O2/c1-11-16(17(23)24-10-12-3-2-4-14(19)9-12)20-21-22(11)15-7-5-13(18)6-8-15/h2-9H,10H2,1H3. The molecule has 0 aliphatic carbocycles. The van der Waals surface area contributed by atoms with Crippen molar-refractivity contribution in [3.63, 3.8) is 0 Å². The van der Waals surface area contributed by atoms with Gasteiger partial charge in [0.05, 0.1) is 11.4 Å². The number of halogens is 2. The topological polar surface area (TPSA) is 57.0 Å². The summed E-state index contributed by atoms with van der Waals surface area (Å²) < 4.78 is 19.8. The minimum atomic E-state index is -0.614. The van der Waals surface area contributed by atoms with E-state index in [1.54, 1.807) is 43.3 Å². The summed E-state index contributed by atoms with van der Waals surface area (Å²) in [7, 11) is 0. The Morgan fingerprint density at radius 1 is 1.25 bits per heavy atom. The number of esters is 1. The molecule has 0 spiro atoms. The van der Waals surface area contributed by atoms with E-state index >= 15 is 0 Å². The molecule has 0 saturated heterocycles. The highest BCUT2D eigenvalue weighted by Gasteiger charge is 2.18. The predicted octanol–water partition coefficient (Wildman–Crippen LogP) is 3.73. The maximum absolute atomic E-state index is 13.1. The molecule has 0 N–H and O–H groups in total. The lowest BCUT2D eigenvalue weighted by molar-refractivity contribution is 0.0464. The molecule has 0 atom stereocenters. The molecule has 7 heteroatoms. The van der Waals surface area contributed by atoms with Gasteiger partial charge in [-0.3, -0.25) is 0 Å². The lowest BCUT2D eigenvalue weighted by Gasteiger charge is -2.05. The number of benzene rings is 2. The van der Waals surface area contributed by atoms with Crippen LogP contribution in [0.5, 0.6) is 0 Å². The molecule has 122 valence electrons. The fourth-order valence-electron chi connectivity index (χ4n) is 2.19. The third-order valence-electron chi connectivity index (χ3n) is 3.42. The Kier molecular flexibility index (Phi) is 4.57. The van der Waals surface area contributed by atoms with Gasteiger partial charge in [0.2, 0.25) is 0 Å². The smallest absolute Gasteiger partial charge is 0.361 e. The second-order valence-corrected chi connectivity index (χ2v) is 5.55. The first-order chi connectivity index (χ1) is 11.5. The van der Waals surface area contributed by atoms with Crippen molar-refractivity contribution in [2.45, 2.75) is 13.5 Å². The van der Waals surface area contributed by atoms with Crippen molar-refractivity contribution in [2.75, 3.05) is 0 Å². The van der Waals surface area contributed by atoms with Gasteiger partial charge in [-0.05, 0) is 48.9 Å². The van der Waals surface area contributed by atoms with E-state index in [1.807, 2.05) is 0 Å². The van der Waals surface area contributed by atoms with E-state index in [2.05, 4.69) is 10.3 Å². The molecular weight excluding hydrogens is 333 g/mol. The molecule has 0 radical (unpaired) electrons. The van der Waals surface area contributed by atoms with Crippen molar-refractivity contribution in [3.05, 3.63) is 76.3 Å². The predicted molar refractivity (Wildman–Crippen MR) is 86.6 cm³/mol. The maximum atomic E-state index is 13.1. The molecule has 0 unspecified atom stereocenters. The fourth-order valence-corrected chi connectivity index (χ4v) is 2.32. The number of hydrogen-bond donors (Lipinski definition) is 0. The van der Waals surface area contributed by atoms with Crippen molar-refractivity contribution < 1.29 is 13.9 Å². The summed E-state index contributed by atoms with van der Waals surface area (Å²) in [4.78, 5) is 12.2. The van der Waals surface area contributed by atoms with Crippen LogP contribution in [0.4, 0.5) is 4.39 Å². The zero-order chi connectivity index (χ0) is 17.1. The highest BCUT2D eigenvalue weighted by molar-refractivity contribution is 6.30. The minimum absolute atomic E-state index is 0.0379. The summed E-state index contributed by atoms with van der Waals surface area (Å²) in [5.74, 6) is -0.995. The SMILES string of the molecule is Cc1c(C(=O)OCc2cccc(F)c2)nnn1-c1ccc(Cl)cc1. The first kappa shape index (κ1) is 16.1. The first-order valence-electron chi connectivity index (χ1n) is 7.14.